The maximum atomic E-state index is 11.2. The van der Waals surface area contributed by atoms with E-state index in [0.29, 0.717) is 29.3 Å². The Kier molecular flexibility index (Phi) is 4.38. The number of pyridine rings is 1. The first-order chi connectivity index (χ1) is 12.0. The smallest absolute Gasteiger partial charge is 0.409 e. The molecule has 1 amide bonds. The quantitative estimate of drug-likeness (QED) is 0.619. The third kappa shape index (κ3) is 3.16. The van der Waals surface area contributed by atoms with Crippen LogP contribution in [0.25, 0.3) is 5.65 Å². The van der Waals surface area contributed by atoms with Gasteiger partial charge in [-0.3, -0.25) is 14.5 Å². The summed E-state index contributed by atoms with van der Waals surface area (Å²) in [6.07, 6.45) is 1.47. The lowest BCUT2D eigenvalue weighted by molar-refractivity contribution is 0.111. The third-order valence-electron chi connectivity index (χ3n) is 4.09. The van der Waals surface area contributed by atoms with Gasteiger partial charge < -0.3 is 10.4 Å². The molecule has 0 saturated carbocycles. The minimum absolute atomic E-state index is 0.421. The molecule has 0 atom stereocenters. The van der Waals surface area contributed by atoms with Crippen LogP contribution >= 0.6 is 0 Å². The number of hydrogen-bond acceptors (Lipinski definition) is 4. The highest BCUT2D eigenvalue weighted by Crippen LogP contribution is 2.24. The number of nitrogens with zero attached hydrogens (tertiary/aromatic N) is 2. The number of fused-ring (bicyclic) bond motifs is 1. The van der Waals surface area contributed by atoms with Crippen molar-refractivity contribution in [2.45, 2.75) is 20.4 Å². The molecule has 0 saturated heterocycles. The highest BCUT2D eigenvalue weighted by atomic mass is 16.4. The molecule has 0 unspecified atom stereocenters. The Morgan fingerprint density at radius 2 is 2.00 bits per heavy atom. The molecule has 0 fully saturated rings. The van der Waals surface area contributed by atoms with Crippen molar-refractivity contribution in [1.82, 2.24) is 9.38 Å². The number of benzene rings is 1. The molecule has 0 aliphatic carbocycles. The standard InChI is InChI=1S/C18H18N4O3/c1-11-5-3-6-14(21-18(24)25)13(11)9-19-15-7-4-8-22-16(10-23)12(2)20-17(15)22/h3-8,10,19,21H,9H2,1-2H3,(H,24,25). The molecule has 3 aromatic rings. The summed E-state index contributed by atoms with van der Waals surface area (Å²) in [5.74, 6) is 0. The predicted octanol–water partition coefficient (Wildman–Crippen LogP) is 3.47. The molecule has 128 valence electrons. The summed E-state index contributed by atoms with van der Waals surface area (Å²) < 4.78 is 1.74. The zero-order chi connectivity index (χ0) is 18.0. The molecule has 2 heterocycles. The molecular weight excluding hydrogens is 320 g/mol. The summed E-state index contributed by atoms with van der Waals surface area (Å²) in [4.78, 5) is 26.7. The molecule has 0 radical (unpaired) electrons. The SMILES string of the molecule is Cc1cccc(NC(=O)O)c1CNc1cccn2c(C=O)c(C)nc12. The van der Waals surface area contributed by atoms with Gasteiger partial charge in [0.25, 0.3) is 0 Å². The van der Waals surface area contributed by atoms with Gasteiger partial charge in [0.05, 0.1) is 11.4 Å². The fourth-order valence-electron chi connectivity index (χ4n) is 2.83. The number of amides is 1. The lowest BCUT2D eigenvalue weighted by atomic mass is 10.1. The fourth-order valence-corrected chi connectivity index (χ4v) is 2.83. The summed E-state index contributed by atoms with van der Waals surface area (Å²) in [5, 5.41) is 14.7. The van der Waals surface area contributed by atoms with Crippen molar-refractivity contribution in [3.8, 4) is 0 Å². The maximum absolute atomic E-state index is 11.2. The molecular formula is C18H18N4O3. The van der Waals surface area contributed by atoms with Gasteiger partial charge in [-0.2, -0.15) is 0 Å². The van der Waals surface area contributed by atoms with Crippen LogP contribution in [0.4, 0.5) is 16.2 Å². The van der Waals surface area contributed by atoms with Crippen molar-refractivity contribution in [3.05, 3.63) is 59.0 Å². The Hall–Kier alpha value is -3.35. The lowest BCUT2D eigenvalue weighted by Gasteiger charge is -2.14. The van der Waals surface area contributed by atoms with Gasteiger partial charge in [0.15, 0.2) is 11.9 Å². The first-order valence-corrected chi connectivity index (χ1v) is 7.76. The Labute approximate surface area is 144 Å². The Balaban J connectivity index is 1.94. The molecule has 7 heteroatoms. The van der Waals surface area contributed by atoms with E-state index in [4.69, 9.17) is 5.11 Å². The number of carbonyl (C=O) groups excluding carboxylic acids is 1. The molecule has 7 nitrogen and oxygen atoms in total. The Morgan fingerprint density at radius 3 is 2.72 bits per heavy atom. The van der Waals surface area contributed by atoms with Crippen molar-refractivity contribution < 1.29 is 14.7 Å². The van der Waals surface area contributed by atoms with Crippen LogP contribution in [0.3, 0.4) is 0 Å². The number of carboxylic acid groups (broad SMARTS) is 1. The monoisotopic (exact) mass is 338 g/mol. The second-order valence-corrected chi connectivity index (χ2v) is 5.70. The van der Waals surface area contributed by atoms with Crippen LogP contribution in [0.5, 0.6) is 0 Å². The van der Waals surface area contributed by atoms with Crippen molar-refractivity contribution in [2.24, 2.45) is 0 Å². The van der Waals surface area contributed by atoms with E-state index in [1.165, 1.54) is 0 Å². The van der Waals surface area contributed by atoms with Crippen LogP contribution in [0, 0.1) is 13.8 Å². The van der Waals surface area contributed by atoms with Gasteiger partial charge in [0.2, 0.25) is 0 Å². The summed E-state index contributed by atoms with van der Waals surface area (Å²) >= 11 is 0. The summed E-state index contributed by atoms with van der Waals surface area (Å²) in [5.41, 5.74) is 4.97. The average Bonchev–Trinajstić information content (AvgIpc) is 2.89. The topological polar surface area (TPSA) is 95.7 Å². The number of nitrogens with one attached hydrogen (secondary N) is 2. The summed E-state index contributed by atoms with van der Waals surface area (Å²) in [6, 6.07) is 9.16. The van der Waals surface area contributed by atoms with Crippen LogP contribution in [0.15, 0.2) is 36.5 Å². The molecule has 3 N–H and O–H groups in total. The third-order valence-corrected chi connectivity index (χ3v) is 4.09. The minimum atomic E-state index is -1.10. The first-order valence-electron chi connectivity index (χ1n) is 7.76. The van der Waals surface area contributed by atoms with E-state index in [0.717, 1.165) is 23.1 Å². The second-order valence-electron chi connectivity index (χ2n) is 5.70. The highest BCUT2D eigenvalue weighted by Gasteiger charge is 2.12. The zero-order valence-corrected chi connectivity index (χ0v) is 13.9. The van der Waals surface area contributed by atoms with Gasteiger partial charge in [-0.15, -0.1) is 0 Å². The number of anilines is 2. The van der Waals surface area contributed by atoms with E-state index >= 15 is 0 Å². The molecule has 0 aliphatic heterocycles. The van der Waals surface area contributed by atoms with Crippen LogP contribution in [0.2, 0.25) is 0 Å². The van der Waals surface area contributed by atoms with Gasteiger partial charge >= 0.3 is 6.09 Å². The van der Waals surface area contributed by atoms with Crippen molar-refractivity contribution in [2.75, 3.05) is 10.6 Å². The number of aromatic nitrogens is 2. The van der Waals surface area contributed by atoms with Gasteiger partial charge in [0, 0.05) is 18.4 Å². The summed E-state index contributed by atoms with van der Waals surface area (Å²) in [7, 11) is 0. The summed E-state index contributed by atoms with van der Waals surface area (Å²) in [6.45, 7) is 4.13. The van der Waals surface area contributed by atoms with Crippen LogP contribution in [-0.2, 0) is 6.54 Å². The molecule has 1 aromatic carbocycles. The Morgan fingerprint density at radius 1 is 1.24 bits per heavy atom. The van der Waals surface area contributed by atoms with E-state index in [1.54, 1.807) is 29.7 Å². The van der Waals surface area contributed by atoms with Crippen molar-refractivity contribution >= 4 is 29.4 Å². The number of rotatable bonds is 5. The lowest BCUT2D eigenvalue weighted by Crippen LogP contribution is -2.12. The molecule has 0 bridgehead atoms. The second kappa shape index (κ2) is 6.64. The van der Waals surface area contributed by atoms with Crippen LogP contribution in [-0.4, -0.2) is 26.9 Å². The highest BCUT2D eigenvalue weighted by molar-refractivity contribution is 5.84. The number of imidazole rings is 1. The zero-order valence-electron chi connectivity index (χ0n) is 13.9. The number of hydrogen-bond donors (Lipinski definition) is 3. The van der Waals surface area contributed by atoms with E-state index in [1.807, 2.05) is 25.1 Å². The Bertz CT molecular complexity index is 962. The molecule has 0 spiro atoms. The largest absolute Gasteiger partial charge is 0.465 e. The number of carbonyl (C=O) groups is 2. The number of aldehydes is 1. The normalized spacial score (nSPS) is 10.6. The van der Waals surface area contributed by atoms with Crippen LogP contribution in [0.1, 0.15) is 27.3 Å². The van der Waals surface area contributed by atoms with Crippen LogP contribution < -0.4 is 10.6 Å². The fraction of sp³-hybridized carbons (Fsp3) is 0.167. The molecule has 3 rings (SSSR count). The van der Waals surface area contributed by atoms with Gasteiger partial charge in [-0.05, 0) is 43.2 Å². The van der Waals surface area contributed by atoms with Crippen molar-refractivity contribution in [3.63, 3.8) is 0 Å². The molecule has 0 aliphatic rings. The van der Waals surface area contributed by atoms with E-state index in [-0.39, 0.29) is 0 Å². The van der Waals surface area contributed by atoms with E-state index in [9.17, 15) is 9.59 Å². The maximum Gasteiger partial charge on any atom is 0.409 e. The van der Waals surface area contributed by atoms with E-state index < -0.39 is 6.09 Å². The predicted molar refractivity (Wildman–Crippen MR) is 95.5 cm³/mol. The average molecular weight is 338 g/mol. The molecule has 2 aromatic heterocycles. The first kappa shape index (κ1) is 16.5. The van der Waals surface area contributed by atoms with Crippen molar-refractivity contribution in [1.29, 1.82) is 0 Å². The van der Waals surface area contributed by atoms with Gasteiger partial charge in [-0.25, -0.2) is 9.78 Å². The number of aryl methyl sites for hydroxylation is 2. The molecule has 25 heavy (non-hydrogen) atoms. The van der Waals surface area contributed by atoms with Gasteiger partial charge in [-0.1, -0.05) is 12.1 Å². The van der Waals surface area contributed by atoms with Gasteiger partial charge in [0.1, 0.15) is 5.69 Å². The minimum Gasteiger partial charge on any atom is -0.465 e. The van der Waals surface area contributed by atoms with E-state index in [2.05, 4.69) is 15.6 Å².